The molecule has 1 fully saturated rings. The molecule has 2 atom stereocenters. The van der Waals surface area contributed by atoms with Crippen LogP contribution in [0.5, 0.6) is 0 Å². The SMILES string of the molecule is CCC1CCCN(CC(=O)Nc2ccc(F)cc2)C1CN. The summed E-state index contributed by atoms with van der Waals surface area (Å²) in [6.45, 7) is 4.02. The quantitative estimate of drug-likeness (QED) is 0.875. The fourth-order valence-corrected chi connectivity index (χ4v) is 3.15. The van der Waals surface area contributed by atoms with Crippen LogP contribution in [0.1, 0.15) is 26.2 Å². The molecule has 1 heterocycles. The van der Waals surface area contributed by atoms with Gasteiger partial charge in [-0.2, -0.15) is 0 Å². The van der Waals surface area contributed by atoms with E-state index in [0.717, 1.165) is 19.4 Å². The van der Waals surface area contributed by atoms with Gasteiger partial charge in [-0.1, -0.05) is 13.3 Å². The normalized spacial score (nSPS) is 23.0. The number of hydrogen-bond donors (Lipinski definition) is 2. The Labute approximate surface area is 125 Å². The molecular formula is C16H24FN3O. The number of nitrogens with zero attached hydrogens (tertiary/aromatic N) is 1. The highest BCUT2D eigenvalue weighted by atomic mass is 19.1. The first-order valence-electron chi connectivity index (χ1n) is 7.63. The van der Waals surface area contributed by atoms with Crippen LogP contribution >= 0.6 is 0 Å². The van der Waals surface area contributed by atoms with E-state index in [1.807, 2.05) is 0 Å². The summed E-state index contributed by atoms with van der Waals surface area (Å²) in [5.74, 6) is 0.192. The zero-order valence-corrected chi connectivity index (χ0v) is 12.5. The second kappa shape index (κ2) is 7.52. The van der Waals surface area contributed by atoms with Gasteiger partial charge >= 0.3 is 0 Å². The summed E-state index contributed by atoms with van der Waals surface area (Å²) in [6.07, 6.45) is 3.39. The van der Waals surface area contributed by atoms with Gasteiger partial charge in [0.1, 0.15) is 5.82 Å². The lowest BCUT2D eigenvalue weighted by atomic mass is 9.87. The molecule has 1 aromatic rings. The number of nitrogens with one attached hydrogen (secondary N) is 1. The van der Waals surface area contributed by atoms with Gasteiger partial charge in [-0.25, -0.2) is 4.39 Å². The van der Waals surface area contributed by atoms with Crippen molar-refractivity contribution in [3.05, 3.63) is 30.1 Å². The summed E-state index contributed by atoms with van der Waals surface area (Å²) >= 11 is 0. The molecule has 0 aliphatic carbocycles. The van der Waals surface area contributed by atoms with Gasteiger partial charge in [0.05, 0.1) is 6.54 Å². The van der Waals surface area contributed by atoms with Gasteiger partial charge in [-0.15, -0.1) is 0 Å². The molecule has 4 nitrogen and oxygen atoms in total. The van der Waals surface area contributed by atoms with E-state index in [1.165, 1.54) is 18.6 Å². The smallest absolute Gasteiger partial charge is 0.238 e. The maximum absolute atomic E-state index is 12.8. The summed E-state index contributed by atoms with van der Waals surface area (Å²) in [7, 11) is 0. The van der Waals surface area contributed by atoms with E-state index in [9.17, 15) is 9.18 Å². The van der Waals surface area contributed by atoms with E-state index in [1.54, 1.807) is 12.1 Å². The summed E-state index contributed by atoms with van der Waals surface area (Å²) < 4.78 is 12.8. The van der Waals surface area contributed by atoms with E-state index < -0.39 is 0 Å². The predicted octanol–water partition coefficient (Wildman–Crippen LogP) is 2.21. The standard InChI is InChI=1S/C16H24FN3O/c1-2-12-4-3-9-20(15(12)10-18)11-16(21)19-14-7-5-13(17)6-8-14/h5-8,12,15H,2-4,9-11,18H2,1H3,(H,19,21). The van der Waals surface area contributed by atoms with Crippen LogP contribution in [0.2, 0.25) is 0 Å². The van der Waals surface area contributed by atoms with E-state index in [2.05, 4.69) is 17.1 Å². The molecule has 1 aliphatic heterocycles. The minimum Gasteiger partial charge on any atom is -0.329 e. The Hall–Kier alpha value is -1.46. The first kappa shape index (κ1) is 15.9. The van der Waals surface area contributed by atoms with Crippen molar-refractivity contribution in [2.24, 2.45) is 11.7 Å². The van der Waals surface area contributed by atoms with Crippen LogP contribution in [-0.2, 0) is 4.79 Å². The third-order valence-electron chi connectivity index (χ3n) is 4.27. The number of carbonyl (C=O) groups is 1. The van der Waals surface area contributed by atoms with E-state index in [-0.39, 0.29) is 17.8 Å². The zero-order chi connectivity index (χ0) is 15.2. The molecule has 0 bridgehead atoms. The Bertz CT molecular complexity index is 463. The molecule has 2 rings (SSSR count). The van der Waals surface area contributed by atoms with Crippen molar-refractivity contribution >= 4 is 11.6 Å². The first-order valence-corrected chi connectivity index (χ1v) is 7.63. The number of nitrogens with two attached hydrogens (primary N) is 1. The average molecular weight is 293 g/mol. The maximum Gasteiger partial charge on any atom is 0.238 e. The molecule has 3 N–H and O–H groups in total. The van der Waals surface area contributed by atoms with Crippen LogP contribution in [0.25, 0.3) is 0 Å². The molecule has 1 amide bonds. The average Bonchev–Trinajstić information content (AvgIpc) is 2.49. The number of amides is 1. The summed E-state index contributed by atoms with van der Waals surface area (Å²) in [4.78, 5) is 14.3. The van der Waals surface area contributed by atoms with Gasteiger partial charge in [0.2, 0.25) is 5.91 Å². The van der Waals surface area contributed by atoms with Crippen LogP contribution in [0, 0.1) is 11.7 Å². The summed E-state index contributed by atoms with van der Waals surface area (Å²) in [5.41, 5.74) is 6.51. The predicted molar refractivity (Wildman–Crippen MR) is 82.5 cm³/mol. The number of likely N-dealkylation sites (tertiary alicyclic amines) is 1. The van der Waals surface area contributed by atoms with Gasteiger partial charge < -0.3 is 11.1 Å². The number of anilines is 1. The van der Waals surface area contributed by atoms with Crippen LogP contribution in [0.3, 0.4) is 0 Å². The highest BCUT2D eigenvalue weighted by Crippen LogP contribution is 2.25. The number of piperidine rings is 1. The molecule has 21 heavy (non-hydrogen) atoms. The number of carbonyl (C=O) groups excluding carboxylic acids is 1. The minimum absolute atomic E-state index is 0.0724. The Morgan fingerprint density at radius 1 is 1.43 bits per heavy atom. The second-order valence-corrected chi connectivity index (χ2v) is 5.64. The summed E-state index contributed by atoms with van der Waals surface area (Å²) in [5, 5.41) is 2.81. The molecule has 0 spiro atoms. The Morgan fingerprint density at radius 2 is 2.14 bits per heavy atom. The van der Waals surface area contributed by atoms with E-state index >= 15 is 0 Å². The molecule has 0 aromatic heterocycles. The van der Waals surface area contributed by atoms with Crippen molar-refractivity contribution in [2.45, 2.75) is 32.2 Å². The molecule has 1 aromatic carbocycles. The molecule has 0 saturated carbocycles. The lowest BCUT2D eigenvalue weighted by Crippen LogP contribution is -2.51. The lowest BCUT2D eigenvalue weighted by Gasteiger charge is -2.40. The molecule has 116 valence electrons. The first-order chi connectivity index (χ1) is 10.1. The fraction of sp³-hybridized carbons (Fsp3) is 0.562. The van der Waals surface area contributed by atoms with Crippen molar-refractivity contribution in [2.75, 3.05) is 25.0 Å². The molecule has 0 radical (unpaired) electrons. The molecule has 1 aliphatic rings. The van der Waals surface area contributed by atoms with Gasteiger partial charge in [-0.3, -0.25) is 9.69 Å². The monoisotopic (exact) mass is 293 g/mol. The van der Waals surface area contributed by atoms with Gasteiger partial charge in [0.25, 0.3) is 0 Å². The largest absolute Gasteiger partial charge is 0.329 e. The lowest BCUT2D eigenvalue weighted by molar-refractivity contribution is -0.118. The van der Waals surface area contributed by atoms with Gasteiger partial charge in [-0.05, 0) is 49.6 Å². The van der Waals surface area contributed by atoms with Crippen molar-refractivity contribution in [3.63, 3.8) is 0 Å². The Kier molecular flexibility index (Phi) is 5.70. The van der Waals surface area contributed by atoms with Crippen molar-refractivity contribution in [1.29, 1.82) is 0 Å². The highest BCUT2D eigenvalue weighted by molar-refractivity contribution is 5.92. The number of hydrogen-bond acceptors (Lipinski definition) is 3. The van der Waals surface area contributed by atoms with Crippen LogP contribution in [0.15, 0.2) is 24.3 Å². The Balaban J connectivity index is 1.93. The number of rotatable bonds is 5. The second-order valence-electron chi connectivity index (χ2n) is 5.64. The third-order valence-corrected chi connectivity index (χ3v) is 4.27. The highest BCUT2D eigenvalue weighted by Gasteiger charge is 2.30. The number of benzene rings is 1. The minimum atomic E-state index is -0.307. The van der Waals surface area contributed by atoms with Crippen LogP contribution < -0.4 is 11.1 Å². The summed E-state index contributed by atoms with van der Waals surface area (Å²) in [6, 6.07) is 6.10. The fourth-order valence-electron chi connectivity index (χ4n) is 3.15. The van der Waals surface area contributed by atoms with E-state index in [4.69, 9.17) is 5.73 Å². The van der Waals surface area contributed by atoms with Crippen molar-refractivity contribution < 1.29 is 9.18 Å². The Morgan fingerprint density at radius 3 is 2.76 bits per heavy atom. The third kappa shape index (κ3) is 4.25. The van der Waals surface area contributed by atoms with Crippen LogP contribution in [0.4, 0.5) is 10.1 Å². The number of halogens is 1. The topological polar surface area (TPSA) is 58.4 Å². The molecular weight excluding hydrogens is 269 g/mol. The van der Waals surface area contributed by atoms with Gasteiger partial charge in [0, 0.05) is 18.3 Å². The molecule has 2 unspecified atom stereocenters. The molecule has 5 heteroatoms. The van der Waals surface area contributed by atoms with Crippen molar-refractivity contribution in [3.8, 4) is 0 Å². The maximum atomic E-state index is 12.8. The van der Waals surface area contributed by atoms with Gasteiger partial charge in [0.15, 0.2) is 0 Å². The zero-order valence-electron chi connectivity index (χ0n) is 12.5. The van der Waals surface area contributed by atoms with E-state index in [0.29, 0.717) is 24.7 Å². The van der Waals surface area contributed by atoms with Crippen LogP contribution in [-0.4, -0.2) is 36.5 Å². The van der Waals surface area contributed by atoms with Crippen molar-refractivity contribution in [1.82, 2.24) is 4.90 Å². The molecule has 1 saturated heterocycles.